The number of aromatic nitrogens is 1. The minimum atomic E-state index is -1.01. The van der Waals surface area contributed by atoms with Crippen LogP contribution in [0, 0.1) is 0 Å². The molecule has 122 valence electrons. The normalized spacial score (nSPS) is 11.6. The van der Waals surface area contributed by atoms with Gasteiger partial charge in [-0.3, -0.25) is 0 Å². The summed E-state index contributed by atoms with van der Waals surface area (Å²) in [5.41, 5.74) is 2.75. The zero-order chi connectivity index (χ0) is 16.9. The monoisotopic (exact) mass is 357 g/mol. The number of thioether (sulfide) groups is 1. The SMILES string of the molecule is COC=C(C(=O)O)c1ccccc1CSc1nc2ccccc2s1. The quantitative estimate of drug-likeness (QED) is 0.395. The van der Waals surface area contributed by atoms with E-state index in [0.29, 0.717) is 11.3 Å². The molecular formula is C18H15NO3S2. The first-order chi connectivity index (χ1) is 11.7. The minimum Gasteiger partial charge on any atom is -0.503 e. The summed E-state index contributed by atoms with van der Waals surface area (Å²) < 4.78 is 7.04. The summed E-state index contributed by atoms with van der Waals surface area (Å²) in [6, 6.07) is 15.5. The van der Waals surface area contributed by atoms with E-state index in [1.54, 1.807) is 29.2 Å². The molecule has 0 aliphatic rings. The number of ether oxygens (including phenoxy) is 1. The molecule has 0 unspecified atom stereocenters. The van der Waals surface area contributed by atoms with Gasteiger partial charge in [-0.05, 0) is 23.3 Å². The lowest BCUT2D eigenvalue weighted by Gasteiger charge is -2.09. The predicted octanol–water partition coefficient (Wildman–Crippen LogP) is 4.66. The lowest BCUT2D eigenvalue weighted by Crippen LogP contribution is -2.03. The van der Waals surface area contributed by atoms with Gasteiger partial charge in [0.15, 0.2) is 4.34 Å². The standard InChI is InChI=1S/C18H15NO3S2/c1-22-10-14(17(20)21)13-7-3-2-6-12(13)11-23-18-19-15-8-4-5-9-16(15)24-18/h2-10H,11H2,1H3,(H,20,21). The van der Waals surface area contributed by atoms with E-state index < -0.39 is 5.97 Å². The van der Waals surface area contributed by atoms with Gasteiger partial charge in [-0.25, -0.2) is 9.78 Å². The number of para-hydroxylation sites is 1. The molecule has 1 N–H and O–H groups in total. The Morgan fingerprint density at radius 2 is 2.00 bits per heavy atom. The third kappa shape index (κ3) is 3.60. The van der Waals surface area contributed by atoms with E-state index in [-0.39, 0.29) is 5.57 Å². The van der Waals surface area contributed by atoms with Gasteiger partial charge in [0.25, 0.3) is 0 Å². The van der Waals surface area contributed by atoms with Gasteiger partial charge in [-0.2, -0.15) is 0 Å². The van der Waals surface area contributed by atoms with Crippen LogP contribution in [-0.2, 0) is 15.3 Å². The van der Waals surface area contributed by atoms with Crippen LogP contribution in [0.4, 0.5) is 0 Å². The number of thiazole rings is 1. The van der Waals surface area contributed by atoms with E-state index in [0.717, 1.165) is 20.1 Å². The van der Waals surface area contributed by atoms with Gasteiger partial charge in [0.05, 0.1) is 23.6 Å². The number of benzene rings is 2. The molecule has 2 aromatic carbocycles. The molecule has 24 heavy (non-hydrogen) atoms. The van der Waals surface area contributed by atoms with Crippen LogP contribution >= 0.6 is 23.1 Å². The van der Waals surface area contributed by atoms with Crippen molar-refractivity contribution in [1.29, 1.82) is 0 Å². The summed E-state index contributed by atoms with van der Waals surface area (Å²) in [5, 5.41) is 9.40. The molecule has 0 amide bonds. The van der Waals surface area contributed by atoms with Crippen molar-refractivity contribution >= 4 is 44.9 Å². The molecular weight excluding hydrogens is 342 g/mol. The number of fused-ring (bicyclic) bond motifs is 1. The molecule has 0 bridgehead atoms. The maximum absolute atomic E-state index is 11.5. The summed E-state index contributed by atoms with van der Waals surface area (Å²) in [7, 11) is 1.45. The summed E-state index contributed by atoms with van der Waals surface area (Å²) in [5.74, 6) is -0.362. The maximum Gasteiger partial charge on any atom is 0.339 e. The van der Waals surface area contributed by atoms with Crippen LogP contribution in [0.3, 0.4) is 0 Å². The molecule has 1 aromatic heterocycles. The highest BCUT2D eigenvalue weighted by molar-refractivity contribution is 8.00. The summed E-state index contributed by atoms with van der Waals surface area (Å²) in [4.78, 5) is 16.1. The first-order valence-corrected chi connectivity index (χ1v) is 9.02. The van der Waals surface area contributed by atoms with Gasteiger partial charge in [-0.15, -0.1) is 11.3 Å². The predicted molar refractivity (Wildman–Crippen MR) is 98.2 cm³/mol. The average molecular weight is 357 g/mol. The van der Waals surface area contributed by atoms with Crippen LogP contribution in [0.2, 0.25) is 0 Å². The topological polar surface area (TPSA) is 59.4 Å². The number of aliphatic carboxylic acids is 1. The number of methoxy groups -OCH3 is 1. The molecule has 1 heterocycles. The number of carboxylic acids is 1. The first kappa shape index (κ1) is 16.5. The minimum absolute atomic E-state index is 0.151. The van der Waals surface area contributed by atoms with E-state index >= 15 is 0 Å². The van der Waals surface area contributed by atoms with Crippen molar-refractivity contribution in [2.75, 3.05) is 7.11 Å². The Balaban J connectivity index is 1.85. The van der Waals surface area contributed by atoms with Crippen LogP contribution in [0.1, 0.15) is 11.1 Å². The summed E-state index contributed by atoms with van der Waals surface area (Å²) >= 11 is 3.25. The van der Waals surface area contributed by atoms with Crippen molar-refractivity contribution in [1.82, 2.24) is 4.98 Å². The van der Waals surface area contributed by atoms with Crippen LogP contribution < -0.4 is 0 Å². The van der Waals surface area contributed by atoms with Crippen LogP contribution in [0.15, 0.2) is 59.1 Å². The second kappa shape index (κ2) is 7.51. The molecule has 0 spiro atoms. The van der Waals surface area contributed by atoms with Gasteiger partial charge in [0.1, 0.15) is 5.57 Å². The lowest BCUT2D eigenvalue weighted by atomic mass is 10.0. The van der Waals surface area contributed by atoms with Gasteiger partial charge < -0.3 is 9.84 Å². The Kier molecular flexibility index (Phi) is 5.17. The Bertz CT molecular complexity index is 869. The number of carboxylic acid groups (broad SMARTS) is 1. The zero-order valence-electron chi connectivity index (χ0n) is 12.9. The number of carbonyl (C=O) groups is 1. The third-order valence-corrected chi connectivity index (χ3v) is 5.63. The zero-order valence-corrected chi connectivity index (χ0v) is 14.6. The maximum atomic E-state index is 11.5. The van der Waals surface area contributed by atoms with E-state index in [9.17, 15) is 9.90 Å². The van der Waals surface area contributed by atoms with Crippen LogP contribution in [0.5, 0.6) is 0 Å². The van der Waals surface area contributed by atoms with Crippen molar-refractivity contribution in [2.45, 2.75) is 10.1 Å². The second-order valence-corrected chi connectivity index (χ2v) is 7.22. The highest BCUT2D eigenvalue weighted by Crippen LogP contribution is 2.33. The van der Waals surface area contributed by atoms with Gasteiger partial charge in [-0.1, -0.05) is 48.2 Å². The molecule has 0 saturated carbocycles. The molecule has 0 saturated heterocycles. The molecule has 6 heteroatoms. The molecule has 0 aliphatic carbocycles. The van der Waals surface area contributed by atoms with E-state index in [4.69, 9.17) is 4.74 Å². The smallest absolute Gasteiger partial charge is 0.339 e. The largest absolute Gasteiger partial charge is 0.503 e. The van der Waals surface area contributed by atoms with Crippen molar-refractivity contribution in [2.24, 2.45) is 0 Å². The van der Waals surface area contributed by atoms with Crippen LogP contribution in [-0.4, -0.2) is 23.2 Å². The van der Waals surface area contributed by atoms with Gasteiger partial charge in [0, 0.05) is 5.75 Å². The highest BCUT2D eigenvalue weighted by Gasteiger charge is 2.15. The van der Waals surface area contributed by atoms with Crippen molar-refractivity contribution in [3.8, 4) is 0 Å². The van der Waals surface area contributed by atoms with E-state index in [2.05, 4.69) is 11.1 Å². The van der Waals surface area contributed by atoms with Crippen molar-refractivity contribution in [3.05, 3.63) is 65.9 Å². The average Bonchev–Trinajstić information content (AvgIpc) is 3.01. The number of hydrogen-bond donors (Lipinski definition) is 1. The van der Waals surface area contributed by atoms with Crippen molar-refractivity contribution in [3.63, 3.8) is 0 Å². The second-order valence-electron chi connectivity index (χ2n) is 4.97. The number of rotatable bonds is 6. The van der Waals surface area contributed by atoms with E-state index in [1.807, 2.05) is 36.4 Å². The molecule has 0 aliphatic heterocycles. The first-order valence-electron chi connectivity index (χ1n) is 7.22. The molecule has 4 nitrogen and oxygen atoms in total. The van der Waals surface area contributed by atoms with Gasteiger partial charge in [0.2, 0.25) is 0 Å². The third-order valence-electron chi connectivity index (χ3n) is 3.40. The molecule has 0 fully saturated rings. The van der Waals surface area contributed by atoms with Gasteiger partial charge >= 0.3 is 5.97 Å². The Hall–Kier alpha value is -2.31. The number of nitrogens with zero attached hydrogens (tertiary/aromatic N) is 1. The lowest BCUT2D eigenvalue weighted by molar-refractivity contribution is -0.130. The van der Waals surface area contributed by atoms with Crippen molar-refractivity contribution < 1.29 is 14.6 Å². The highest BCUT2D eigenvalue weighted by atomic mass is 32.2. The summed E-state index contributed by atoms with van der Waals surface area (Å²) in [6.07, 6.45) is 1.27. The fourth-order valence-corrected chi connectivity index (χ4v) is 4.38. The molecule has 0 radical (unpaired) electrons. The Morgan fingerprint density at radius 1 is 1.25 bits per heavy atom. The Morgan fingerprint density at radius 3 is 2.75 bits per heavy atom. The fourth-order valence-electron chi connectivity index (χ4n) is 2.31. The Labute approximate surface area is 147 Å². The number of hydrogen-bond acceptors (Lipinski definition) is 5. The van der Waals surface area contributed by atoms with Crippen LogP contribution in [0.25, 0.3) is 15.8 Å². The molecule has 0 atom stereocenters. The molecule has 3 rings (SSSR count). The fraction of sp³-hybridized carbons (Fsp3) is 0.111. The molecule has 3 aromatic rings. The summed E-state index contributed by atoms with van der Waals surface area (Å²) in [6.45, 7) is 0. The van der Waals surface area contributed by atoms with E-state index in [1.165, 1.54) is 13.4 Å².